The zero-order valence-corrected chi connectivity index (χ0v) is 11.8. The van der Waals surface area contributed by atoms with Crippen LogP contribution in [0.4, 0.5) is 5.69 Å². The Morgan fingerprint density at radius 2 is 1.95 bits per heavy atom. The van der Waals surface area contributed by atoms with Crippen LogP contribution in [0, 0.1) is 5.92 Å². The van der Waals surface area contributed by atoms with Crippen LogP contribution >= 0.6 is 0 Å². The summed E-state index contributed by atoms with van der Waals surface area (Å²) in [7, 11) is 0. The molecular formula is C15H20N2O3. The fraction of sp³-hybridized carbons (Fsp3) is 0.467. The lowest BCUT2D eigenvalue weighted by Crippen LogP contribution is -2.23. The van der Waals surface area contributed by atoms with E-state index in [1.807, 2.05) is 31.2 Å². The predicted octanol–water partition coefficient (Wildman–Crippen LogP) is 1.76. The summed E-state index contributed by atoms with van der Waals surface area (Å²) in [5.74, 6) is -1.20. The van der Waals surface area contributed by atoms with Crippen LogP contribution in [0.15, 0.2) is 24.3 Å². The van der Waals surface area contributed by atoms with Gasteiger partial charge in [-0.15, -0.1) is 0 Å². The minimum absolute atomic E-state index is 0.0128. The number of nitrogens with zero attached hydrogens (tertiary/aromatic N) is 1. The van der Waals surface area contributed by atoms with Gasteiger partial charge in [0.05, 0.1) is 5.92 Å². The van der Waals surface area contributed by atoms with E-state index in [0.29, 0.717) is 6.54 Å². The van der Waals surface area contributed by atoms with Crippen LogP contribution in [0.3, 0.4) is 0 Å². The fourth-order valence-electron chi connectivity index (χ4n) is 2.75. The second-order valence-corrected chi connectivity index (χ2v) is 5.21. The van der Waals surface area contributed by atoms with E-state index < -0.39 is 5.97 Å². The summed E-state index contributed by atoms with van der Waals surface area (Å²) in [6.45, 7) is 5.74. The van der Waals surface area contributed by atoms with Crippen molar-refractivity contribution in [1.29, 1.82) is 0 Å². The molecule has 1 aromatic carbocycles. The number of hydrogen-bond donors (Lipinski definition) is 2. The number of carbonyl (C=O) groups excluding carboxylic acids is 1. The number of hydrogen-bond acceptors (Lipinski definition) is 3. The van der Waals surface area contributed by atoms with Gasteiger partial charge >= 0.3 is 5.97 Å². The largest absolute Gasteiger partial charge is 0.481 e. The van der Waals surface area contributed by atoms with Gasteiger partial charge in [-0.1, -0.05) is 19.1 Å². The molecule has 20 heavy (non-hydrogen) atoms. The zero-order chi connectivity index (χ0) is 14.7. The van der Waals surface area contributed by atoms with Crippen molar-refractivity contribution in [2.75, 3.05) is 25.0 Å². The number of aliphatic carboxylic acids is 1. The highest BCUT2D eigenvalue weighted by molar-refractivity contribution is 5.88. The van der Waals surface area contributed by atoms with Crippen molar-refractivity contribution in [3.05, 3.63) is 29.8 Å². The molecular weight excluding hydrogens is 256 g/mol. The first kappa shape index (κ1) is 14.5. The Hall–Kier alpha value is -1.88. The number of benzene rings is 1. The predicted molar refractivity (Wildman–Crippen MR) is 76.7 cm³/mol. The van der Waals surface area contributed by atoms with E-state index in [4.69, 9.17) is 0 Å². The molecule has 0 bridgehead atoms. The third-order valence-corrected chi connectivity index (χ3v) is 3.82. The molecule has 2 N–H and O–H groups in total. The van der Waals surface area contributed by atoms with Crippen molar-refractivity contribution in [2.45, 2.75) is 19.8 Å². The lowest BCUT2D eigenvalue weighted by atomic mass is 9.89. The highest BCUT2D eigenvalue weighted by Gasteiger charge is 2.37. The molecule has 2 unspecified atom stereocenters. The Bertz CT molecular complexity index is 498. The number of carboxylic acid groups (broad SMARTS) is 1. The van der Waals surface area contributed by atoms with E-state index in [1.54, 1.807) is 0 Å². The number of carbonyl (C=O) groups is 2. The highest BCUT2D eigenvalue weighted by Crippen LogP contribution is 2.33. The first-order valence-electron chi connectivity index (χ1n) is 6.84. The molecule has 2 rings (SSSR count). The second-order valence-electron chi connectivity index (χ2n) is 5.21. The van der Waals surface area contributed by atoms with Gasteiger partial charge in [0.2, 0.25) is 5.91 Å². The fourth-order valence-corrected chi connectivity index (χ4v) is 2.75. The Morgan fingerprint density at radius 1 is 1.30 bits per heavy atom. The van der Waals surface area contributed by atoms with Crippen molar-refractivity contribution in [2.24, 2.45) is 5.92 Å². The monoisotopic (exact) mass is 276 g/mol. The maximum Gasteiger partial charge on any atom is 0.308 e. The van der Waals surface area contributed by atoms with Gasteiger partial charge in [-0.2, -0.15) is 0 Å². The Morgan fingerprint density at radius 3 is 2.45 bits per heavy atom. The molecule has 2 atom stereocenters. The zero-order valence-electron chi connectivity index (χ0n) is 11.8. The van der Waals surface area contributed by atoms with Crippen LogP contribution < -0.4 is 5.32 Å². The van der Waals surface area contributed by atoms with Crippen LogP contribution in [0.2, 0.25) is 0 Å². The van der Waals surface area contributed by atoms with Crippen molar-refractivity contribution in [3.8, 4) is 0 Å². The topological polar surface area (TPSA) is 69.6 Å². The Labute approximate surface area is 118 Å². The molecule has 5 nitrogen and oxygen atoms in total. The molecule has 1 aromatic rings. The maximum absolute atomic E-state index is 11.4. The Kier molecular flexibility index (Phi) is 4.39. The number of nitrogens with one attached hydrogen (secondary N) is 1. The van der Waals surface area contributed by atoms with E-state index in [0.717, 1.165) is 24.3 Å². The van der Waals surface area contributed by atoms with Crippen LogP contribution in [0.25, 0.3) is 0 Å². The number of likely N-dealkylation sites (tertiary alicyclic amines) is 1. The van der Waals surface area contributed by atoms with E-state index in [9.17, 15) is 14.7 Å². The molecule has 0 saturated carbocycles. The molecule has 0 aliphatic carbocycles. The summed E-state index contributed by atoms with van der Waals surface area (Å²) in [5.41, 5.74) is 1.75. The quantitative estimate of drug-likeness (QED) is 0.879. The first-order valence-corrected chi connectivity index (χ1v) is 6.84. The van der Waals surface area contributed by atoms with Crippen molar-refractivity contribution >= 4 is 17.6 Å². The highest BCUT2D eigenvalue weighted by atomic mass is 16.4. The molecule has 1 aliphatic rings. The smallest absolute Gasteiger partial charge is 0.308 e. The first-order chi connectivity index (χ1) is 9.51. The number of rotatable bonds is 4. The standard InChI is InChI=1S/C15H20N2O3/c1-3-17-8-13(14(9-17)15(19)20)11-4-6-12(7-5-11)16-10(2)18/h4-7,13-14H,3,8-9H2,1-2H3,(H,16,18)(H,19,20). The van der Waals surface area contributed by atoms with Crippen molar-refractivity contribution < 1.29 is 14.7 Å². The molecule has 1 heterocycles. The molecule has 1 fully saturated rings. The molecule has 1 saturated heterocycles. The van der Waals surface area contributed by atoms with Crippen LogP contribution in [0.5, 0.6) is 0 Å². The van der Waals surface area contributed by atoms with Gasteiger partial charge in [0.1, 0.15) is 0 Å². The van der Waals surface area contributed by atoms with Gasteiger partial charge in [0.25, 0.3) is 0 Å². The van der Waals surface area contributed by atoms with Gasteiger partial charge in [-0.25, -0.2) is 0 Å². The molecule has 1 amide bonds. The molecule has 0 aromatic heterocycles. The summed E-state index contributed by atoms with van der Waals surface area (Å²) in [5, 5.41) is 12.1. The lowest BCUT2D eigenvalue weighted by molar-refractivity contribution is -0.141. The van der Waals surface area contributed by atoms with Gasteiger partial charge in [0.15, 0.2) is 0 Å². The summed E-state index contributed by atoms with van der Waals surface area (Å²) < 4.78 is 0. The summed E-state index contributed by atoms with van der Waals surface area (Å²) in [6, 6.07) is 7.46. The third kappa shape index (κ3) is 3.17. The molecule has 5 heteroatoms. The van der Waals surface area contributed by atoms with Gasteiger partial charge in [0, 0.05) is 31.6 Å². The van der Waals surface area contributed by atoms with Crippen LogP contribution in [-0.4, -0.2) is 41.5 Å². The minimum Gasteiger partial charge on any atom is -0.481 e. The number of anilines is 1. The third-order valence-electron chi connectivity index (χ3n) is 3.82. The normalized spacial score (nSPS) is 22.7. The van der Waals surface area contributed by atoms with Gasteiger partial charge in [-0.05, 0) is 24.2 Å². The van der Waals surface area contributed by atoms with Crippen LogP contribution in [0.1, 0.15) is 25.3 Å². The minimum atomic E-state index is -0.739. The Balaban J connectivity index is 2.17. The molecule has 108 valence electrons. The lowest BCUT2D eigenvalue weighted by Gasteiger charge is -2.15. The molecule has 0 spiro atoms. The van der Waals surface area contributed by atoms with Crippen molar-refractivity contribution in [3.63, 3.8) is 0 Å². The van der Waals surface area contributed by atoms with Gasteiger partial charge in [-0.3, -0.25) is 9.59 Å². The van der Waals surface area contributed by atoms with Gasteiger partial charge < -0.3 is 15.3 Å². The van der Waals surface area contributed by atoms with E-state index in [-0.39, 0.29) is 17.7 Å². The molecule has 1 aliphatic heterocycles. The summed E-state index contributed by atoms with van der Waals surface area (Å²) >= 11 is 0. The average molecular weight is 276 g/mol. The van der Waals surface area contributed by atoms with E-state index >= 15 is 0 Å². The second kappa shape index (κ2) is 6.05. The number of likely N-dealkylation sites (N-methyl/N-ethyl adjacent to an activating group) is 1. The van der Waals surface area contributed by atoms with Crippen LogP contribution in [-0.2, 0) is 9.59 Å². The summed E-state index contributed by atoms with van der Waals surface area (Å²) in [4.78, 5) is 24.5. The average Bonchev–Trinajstić information content (AvgIpc) is 2.83. The SMILES string of the molecule is CCN1CC(C(=O)O)C(c2ccc(NC(C)=O)cc2)C1. The van der Waals surface area contributed by atoms with E-state index in [1.165, 1.54) is 6.92 Å². The summed E-state index contributed by atoms with van der Waals surface area (Å²) in [6.07, 6.45) is 0. The molecule has 0 radical (unpaired) electrons. The number of amides is 1. The van der Waals surface area contributed by atoms with E-state index in [2.05, 4.69) is 10.2 Å². The maximum atomic E-state index is 11.4. The number of carboxylic acids is 1. The van der Waals surface area contributed by atoms with Crippen molar-refractivity contribution in [1.82, 2.24) is 4.90 Å².